The maximum atomic E-state index is 6.16. The Bertz CT molecular complexity index is 361. The third-order valence-corrected chi connectivity index (χ3v) is 3.14. The average Bonchev–Trinajstić information content (AvgIpc) is 2.11. The molecule has 1 saturated heterocycles. The van der Waals surface area contributed by atoms with Crippen molar-refractivity contribution >= 4 is 11.6 Å². The molecule has 82 valence electrons. The van der Waals surface area contributed by atoms with Gasteiger partial charge in [0.15, 0.2) is 0 Å². The third kappa shape index (κ3) is 2.11. The molecular weight excluding hydrogens is 210 g/mol. The van der Waals surface area contributed by atoms with Crippen molar-refractivity contribution in [2.45, 2.75) is 19.8 Å². The molecule has 0 aliphatic carbocycles. The molecule has 1 aromatic carbocycles. The summed E-state index contributed by atoms with van der Waals surface area (Å²) in [5, 5.41) is 4.00. The number of hydrogen-bond acceptors (Lipinski definition) is 2. The van der Waals surface area contributed by atoms with E-state index in [2.05, 4.69) is 12.2 Å². The van der Waals surface area contributed by atoms with Crippen LogP contribution in [0.15, 0.2) is 12.1 Å². The normalized spacial score (nSPS) is 16.2. The Hall–Kier alpha value is -0.730. The van der Waals surface area contributed by atoms with E-state index >= 15 is 0 Å². The van der Waals surface area contributed by atoms with Gasteiger partial charge in [0.25, 0.3) is 0 Å². The minimum atomic E-state index is 0.623. The van der Waals surface area contributed by atoms with E-state index in [1.54, 1.807) is 0 Å². The first kappa shape index (κ1) is 10.8. The largest absolute Gasteiger partial charge is 0.492 e. The van der Waals surface area contributed by atoms with Crippen LogP contribution in [0.5, 0.6) is 5.75 Å². The SMILES string of the molecule is CCOc1cc(C)c(C2CNC2)cc1Cl. The maximum Gasteiger partial charge on any atom is 0.138 e. The van der Waals surface area contributed by atoms with E-state index in [4.69, 9.17) is 16.3 Å². The summed E-state index contributed by atoms with van der Waals surface area (Å²) in [4.78, 5) is 0. The highest BCUT2D eigenvalue weighted by Crippen LogP contribution is 2.32. The smallest absolute Gasteiger partial charge is 0.138 e. The van der Waals surface area contributed by atoms with Crippen LogP contribution in [-0.2, 0) is 0 Å². The van der Waals surface area contributed by atoms with Crippen molar-refractivity contribution in [3.05, 3.63) is 28.3 Å². The van der Waals surface area contributed by atoms with E-state index in [0.29, 0.717) is 12.5 Å². The molecule has 0 amide bonds. The summed E-state index contributed by atoms with van der Waals surface area (Å²) in [5.41, 5.74) is 2.62. The highest BCUT2D eigenvalue weighted by molar-refractivity contribution is 6.32. The van der Waals surface area contributed by atoms with Gasteiger partial charge in [-0.3, -0.25) is 0 Å². The molecule has 0 radical (unpaired) electrons. The Morgan fingerprint density at radius 3 is 2.73 bits per heavy atom. The van der Waals surface area contributed by atoms with Crippen LogP contribution in [0, 0.1) is 6.92 Å². The lowest BCUT2D eigenvalue weighted by molar-refractivity contribution is 0.339. The van der Waals surface area contributed by atoms with Gasteiger partial charge in [0.05, 0.1) is 11.6 Å². The van der Waals surface area contributed by atoms with Gasteiger partial charge in [0.1, 0.15) is 5.75 Å². The van der Waals surface area contributed by atoms with Crippen molar-refractivity contribution < 1.29 is 4.74 Å². The number of hydrogen-bond donors (Lipinski definition) is 1. The first-order valence-corrected chi connectivity index (χ1v) is 5.73. The fraction of sp³-hybridized carbons (Fsp3) is 0.500. The molecule has 0 saturated carbocycles. The molecule has 1 heterocycles. The molecule has 15 heavy (non-hydrogen) atoms. The summed E-state index contributed by atoms with van der Waals surface area (Å²) in [6, 6.07) is 4.09. The van der Waals surface area contributed by atoms with Crippen molar-refractivity contribution in [3.8, 4) is 5.75 Å². The Kier molecular flexibility index (Phi) is 3.17. The lowest BCUT2D eigenvalue weighted by Gasteiger charge is -2.29. The molecule has 1 aromatic rings. The number of benzene rings is 1. The number of rotatable bonds is 3. The van der Waals surface area contributed by atoms with E-state index in [0.717, 1.165) is 23.9 Å². The van der Waals surface area contributed by atoms with Crippen LogP contribution in [-0.4, -0.2) is 19.7 Å². The third-order valence-electron chi connectivity index (χ3n) is 2.84. The van der Waals surface area contributed by atoms with Crippen LogP contribution in [0.4, 0.5) is 0 Å². The van der Waals surface area contributed by atoms with E-state index < -0.39 is 0 Å². The molecule has 0 unspecified atom stereocenters. The summed E-state index contributed by atoms with van der Waals surface area (Å²) in [5.74, 6) is 1.42. The van der Waals surface area contributed by atoms with Crippen molar-refractivity contribution in [1.82, 2.24) is 5.32 Å². The number of halogens is 1. The summed E-state index contributed by atoms with van der Waals surface area (Å²) >= 11 is 6.16. The Morgan fingerprint density at radius 2 is 2.20 bits per heavy atom. The second-order valence-electron chi connectivity index (χ2n) is 3.93. The van der Waals surface area contributed by atoms with Gasteiger partial charge in [0, 0.05) is 19.0 Å². The number of ether oxygens (including phenoxy) is 1. The molecule has 0 spiro atoms. The Balaban J connectivity index is 2.29. The molecule has 0 bridgehead atoms. The van der Waals surface area contributed by atoms with E-state index in [9.17, 15) is 0 Å². The lowest BCUT2D eigenvalue weighted by atomic mass is 9.90. The molecule has 2 rings (SSSR count). The minimum Gasteiger partial charge on any atom is -0.492 e. The summed E-state index contributed by atoms with van der Waals surface area (Å²) < 4.78 is 5.46. The molecule has 1 N–H and O–H groups in total. The molecule has 0 atom stereocenters. The fourth-order valence-electron chi connectivity index (χ4n) is 1.88. The van der Waals surface area contributed by atoms with Gasteiger partial charge in [-0.25, -0.2) is 0 Å². The quantitative estimate of drug-likeness (QED) is 0.854. The maximum absolute atomic E-state index is 6.16. The van der Waals surface area contributed by atoms with Gasteiger partial charge in [-0.2, -0.15) is 0 Å². The van der Waals surface area contributed by atoms with E-state index in [1.807, 2.05) is 19.1 Å². The second kappa shape index (κ2) is 4.42. The monoisotopic (exact) mass is 225 g/mol. The van der Waals surface area contributed by atoms with Crippen LogP contribution in [0.3, 0.4) is 0 Å². The molecule has 0 aromatic heterocycles. The molecular formula is C12H16ClNO. The van der Waals surface area contributed by atoms with Crippen LogP contribution < -0.4 is 10.1 Å². The predicted octanol–water partition coefficient (Wildman–Crippen LogP) is 2.73. The summed E-state index contributed by atoms with van der Waals surface area (Å²) in [6.45, 7) is 6.86. The first-order chi connectivity index (χ1) is 7.22. The Morgan fingerprint density at radius 1 is 1.47 bits per heavy atom. The van der Waals surface area contributed by atoms with Crippen LogP contribution in [0.2, 0.25) is 5.02 Å². The zero-order valence-electron chi connectivity index (χ0n) is 9.14. The van der Waals surface area contributed by atoms with Crippen molar-refractivity contribution in [1.29, 1.82) is 0 Å². The number of aryl methyl sites for hydroxylation is 1. The fourth-order valence-corrected chi connectivity index (χ4v) is 2.11. The topological polar surface area (TPSA) is 21.3 Å². The van der Waals surface area contributed by atoms with Crippen molar-refractivity contribution in [2.75, 3.05) is 19.7 Å². The van der Waals surface area contributed by atoms with Gasteiger partial charge in [-0.15, -0.1) is 0 Å². The van der Waals surface area contributed by atoms with Crippen LogP contribution in [0.1, 0.15) is 24.0 Å². The average molecular weight is 226 g/mol. The van der Waals surface area contributed by atoms with Gasteiger partial charge in [-0.1, -0.05) is 11.6 Å². The zero-order chi connectivity index (χ0) is 10.8. The second-order valence-corrected chi connectivity index (χ2v) is 4.33. The van der Waals surface area contributed by atoms with Gasteiger partial charge < -0.3 is 10.1 Å². The lowest BCUT2D eigenvalue weighted by Crippen LogP contribution is -2.40. The summed E-state index contributed by atoms with van der Waals surface area (Å²) in [6.07, 6.45) is 0. The van der Waals surface area contributed by atoms with Gasteiger partial charge in [0.2, 0.25) is 0 Å². The number of nitrogens with one attached hydrogen (secondary N) is 1. The molecule has 1 aliphatic heterocycles. The molecule has 2 nitrogen and oxygen atoms in total. The van der Waals surface area contributed by atoms with Crippen LogP contribution in [0.25, 0.3) is 0 Å². The molecule has 1 fully saturated rings. The standard InChI is InChI=1S/C12H16ClNO/c1-3-15-12-4-8(2)10(5-11(12)13)9-6-14-7-9/h4-5,9,14H,3,6-7H2,1-2H3. The van der Waals surface area contributed by atoms with Gasteiger partial charge in [-0.05, 0) is 37.1 Å². The zero-order valence-corrected chi connectivity index (χ0v) is 9.90. The summed E-state index contributed by atoms with van der Waals surface area (Å²) in [7, 11) is 0. The van der Waals surface area contributed by atoms with E-state index in [-0.39, 0.29) is 0 Å². The van der Waals surface area contributed by atoms with E-state index in [1.165, 1.54) is 11.1 Å². The van der Waals surface area contributed by atoms with Crippen molar-refractivity contribution in [3.63, 3.8) is 0 Å². The van der Waals surface area contributed by atoms with Gasteiger partial charge >= 0.3 is 0 Å². The highest BCUT2D eigenvalue weighted by Gasteiger charge is 2.21. The highest BCUT2D eigenvalue weighted by atomic mass is 35.5. The minimum absolute atomic E-state index is 0.623. The molecule has 3 heteroatoms. The molecule has 1 aliphatic rings. The first-order valence-electron chi connectivity index (χ1n) is 5.36. The Labute approximate surface area is 95.6 Å². The predicted molar refractivity (Wildman–Crippen MR) is 63.0 cm³/mol. The van der Waals surface area contributed by atoms with Crippen LogP contribution >= 0.6 is 11.6 Å². The van der Waals surface area contributed by atoms with Crippen molar-refractivity contribution in [2.24, 2.45) is 0 Å².